The number of rotatable bonds is 5. The van der Waals surface area contributed by atoms with Crippen LogP contribution in [-0.4, -0.2) is 32.8 Å². The molecule has 2 rings (SSSR count). The molecule has 1 unspecified atom stereocenters. The number of benzene rings is 1. The highest BCUT2D eigenvalue weighted by Gasteiger charge is 2.09. The average molecular weight is 243 g/mol. The lowest BCUT2D eigenvalue weighted by atomic mass is 10.3. The van der Waals surface area contributed by atoms with Crippen LogP contribution in [0, 0.1) is 12.3 Å². The fourth-order valence-corrected chi connectivity index (χ4v) is 1.47. The minimum Gasteiger partial charge on any atom is -0.491 e. The van der Waals surface area contributed by atoms with Gasteiger partial charge in [-0.25, -0.2) is 4.68 Å². The molecule has 5 heteroatoms. The molecule has 0 radical (unpaired) electrons. The number of ether oxygens (including phenoxy) is 1. The molecule has 5 nitrogen and oxygen atoms in total. The summed E-state index contributed by atoms with van der Waals surface area (Å²) in [6, 6.07) is 9.30. The lowest BCUT2D eigenvalue weighted by Gasteiger charge is -2.12. The maximum Gasteiger partial charge on any atom is 0.131 e. The molecule has 18 heavy (non-hydrogen) atoms. The van der Waals surface area contributed by atoms with Gasteiger partial charge in [0, 0.05) is 0 Å². The Morgan fingerprint density at radius 3 is 2.89 bits per heavy atom. The maximum absolute atomic E-state index is 9.82. The Bertz CT molecular complexity index is 531. The summed E-state index contributed by atoms with van der Waals surface area (Å²) in [5.41, 5.74) is 0.536. The van der Waals surface area contributed by atoms with Crippen molar-refractivity contribution < 1.29 is 9.84 Å². The molecule has 1 aromatic heterocycles. The summed E-state index contributed by atoms with van der Waals surface area (Å²) in [7, 11) is 0. The van der Waals surface area contributed by atoms with Crippen molar-refractivity contribution in [1.29, 1.82) is 0 Å². The second kappa shape index (κ2) is 5.84. The standard InChI is InChI=1S/C13H13N3O2/c1-2-11-8-14-15-16(11)9-12(17)10-18-13-6-4-3-5-7-13/h1,3-8,12,17H,9-10H2. The summed E-state index contributed by atoms with van der Waals surface area (Å²) < 4.78 is 6.90. The SMILES string of the molecule is C#Cc1cnnn1CC(O)COc1ccccc1. The first-order chi connectivity index (χ1) is 8.79. The number of aliphatic hydroxyl groups is 1. The summed E-state index contributed by atoms with van der Waals surface area (Å²) in [5.74, 6) is 3.16. The Kier molecular flexibility index (Phi) is 3.94. The fourth-order valence-electron chi connectivity index (χ4n) is 1.47. The van der Waals surface area contributed by atoms with Gasteiger partial charge in [0.25, 0.3) is 0 Å². The first-order valence-corrected chi connectivity index (χ1v) is 5.50. The van der Waals surface area contributed by atoms with Crippen LogP contribution in [-0.2, 0) is 6.54 Å². The summed E-state index contributed by atoms with van der Waals surface area (Å²) in [6.07, 6.45) is 6.05. The highest BCUT2D eigenvalue weighted by atomic mass is 16.5. The lowest BCUT2D eigenvalue weighted by molar-refractivity contribution is 0.0886. The number of para-hydroxylation sites is 1. The molecule has 1 aromatic carbocycles. The van der Waals surface area contributed by atoms with E-state index in [1.54, 1.807) is 0 Å². The van der Waals surface area contributed by atoms with Gasteiger partial charge in [-0.1, -0.05) is 23.4 Å². The normalized spacial score (nSPS) is 11.8. The number of terminal acetylenes is 1. The number of aliphatic hydroxyl groups excluding tert-OH is 1. The summed E-state index contributed by atoms with van der Waals surface area (Å²) in [6.45, 7) is 0.431. The van der Waals surface area contributed by atoms with Gasteiger partial charge in [-0.15, -0.1) is 11.5 Å². The van der Waals surface area contributed by atoms with Gasteiger partial charge in [0.1, 0.15) is 24.2 Å². The summed E-state index contributed by atoms with van der Waals surface area (Å²) >= 11 is 0. The molecule has 0 aliphatic carbocycles. The van der Waals surface area contributed by atoms with Gasteiger partial charge in [0.2, 0.25) is 0 Å². The molecule has 0 fully saturated rings. The zero-order valence-corrected chi connectivity index (χ0v) is 9.73. The van der Waals surface area contributed by atoms with E-state index in [9.17, 15) is 5.11 Å². The van der Waals surface area contributed by atoms with Gasteiger partial charge >= 0.3 is 0 Å². The Morgan fingerprint density at radius 2 is 2.17 bits per heavy atom. The topological polar surface area (TPSA) is 60.2 Å². The van der Waals surface area contributed by atoms with Gasteiger partial charge in [-0.05, 0) is 18.1 Å². The van der Waals surface area contributed by atoms with Gasteiger partial charge in [0.05, 0.1) is 12.7 Å². The van der Waals surface area contributed by atoms with Crippen LogP contribution in [0.1, 0.15) is 5.69 Å². The molecule has 0 saturated carbocycles. The largest absolute Gasteiger partial charge is 0.491 e. The van der Waals surface area contributed by atoms with Crippen molar-refractivity contribution in [3.8, 4) is 18.1 Å². The Balaban J connectivity index is 1.86. The predicted octanol–water partition coefficient (Wildman–Crippen LogP) is 0.699. The molecular formula is C13H13N3O2. The van der Waals surface area contributed by atoms with Crippen molar-refractivity contribution in [2.24, 2.45) is 0 Å². The molecule has 92 valence electrons. The third kappa shape index (κ3) is 3.09. The van der Waals surface area contributed by atoms with E-state index in [0.29, 0.717) is 11.4 Å². The van der Waals surface area contributed by atoms with Crippen LogP contribution < -0.4 is 4.74 Å². The third-order valence-corrected chi connectivity index (χ3v) is 2.33. The monoisotopic (exact) mass is 243 g/mol. The minimum absolute atomic E-state index is 0.174. The fraction of sp³-hybridized carbons (Fsp3) is 0.231. The second-order valence-corrected chi connectivity index (χ2v) is 3.72. The molecule has 2 aromatic rings. The van der Waals surface area contributed by atoms with Gasteiger partial charge in [0.15, 0.2) is 0 Å². The summed E-state index contributed by atoms with van der Waals surface area (Å²) in [5, 5.41) is 17.3. The Morgan fingerprint density at radius 1 is 1.39 bits per heavy atom. The Labute approximate surface area is 105 Å². The van der Waals surface area contributed by atoms with E-state index in [-0.39, 0.29) is 13.2 Å². The molecule has 0 saturated heterocycles. The van der Waals surface area contributed by atoms with Crippen molar-refractivity contribution >= 4 is 0 Å². The van der Waals surface area contributed by atoms with Crippen molar-refractivity contribution in [2.75, 3.05) is 6.61 Å². The third-order valence-electron chi connectivity index (χ3n) is 2.33. The minimum atomic E-state index is -0.695. The highest BCUT2D eigenvalue weighted by molar-refractivity contribution is 5.21. The molecule has 0 aliphatic heterocycles. The predicted molar refractivity (Wildman–Crippen MR) is 65.9 cm³/mol. The highest BCUT2D eigenvalue weighted by Crippen LogP contribution is 2.09. The van der Waals surface area contributed by atoms with Crippen LogP contribution >= 0.6 is 0 Å². The molecule has 0 amide bonds. The molecule has 1 heterocycles. The molecule has 0 bridgehead atoms. The van der Waals surface area contributed by atoms with E-state index in [4.69, 9.17) is 11.2 Å². The second-order valence-electron chi connectivity index (χ2n) is 3.72. The number of hydrogen-bond donors (Lipinski definition) is 1. The number of aromatic nitrogens is 3. The molecule has 1 N–H and O–H groups in total. The molecule has 0 spiro atoms. The molecule has 0 aliphatic rings. The average Bonchev–Trinajstić information content (AvgIpc) is 2.85. The van der Waals surface area contributed by atoms with Crippen molar-refractivity contribution in [3.63, 3.8) is 0 Å². The molecule has 1 atom stereocenters. The zero-order chi connectivity index (χ0) is 12.8. The van der Waals surface area contributed by atoms with Gasteiger partial charge in [-0.3, -0.25) is 0 Å². The van der Waals surface area contributed by atoms with E-state index >= 15 is 0 Å². The smallest absolute Gasteiger partial charge is 0.131 e. The first-order valence-electron chi connectivity index (χ1n) is 5.50. The number of hydrogen-bond acceptors (Lipinski definition) is 4. The van der Waals surface area contributed by atoms with E-state index in [1.165, 1.54) is 10.9 Å². The van der Waals surface area contributed by atoms with E-state index in [2.05, 4.69) is 16.2 Å². The maximum atomic E-state index is 9.82. The van der Waals surface area contributed by atoms with Crippen LogP contribution in [0.3, 0.4) is 0 Å². The van der Waals surface area contributed by atoms with E-state index in [1.807, 2.05) is 30.3 Å². The Hall–Kier alpha value is -2.32. The summed E-state index contributed by atoms with van der Waals surface area (Å²) in [4.78, 5) is 0. The van der Waals surface area contributed by atoms with Gasteiger partial charge < -0.3 is 9.84 Å². The van der Waals surface area contributed by atoms with Crippen LogP contribution in [0.4, 0.5) is 0 Å². The van der Waals surface area contributed by atoms with Gasteiger partial charge in [-0.2, -0.15) is 0 Å². The first kappa shape index (κ1) is 12.1. The van der Waals surface area contributed by atoms with Crippen LogP contribution in [0.25, 0.3) is 0 Å². The number of nitrogens with zero attached hydrogens (tertiary/aromatic N) is 3. The quantitative estimate of drug-likeness (QED) is 0.785. The van der Waals surface area contributed by atoms with Crippen LogP contribution in [0.15, 0.2) is 36.5 Å². The van der Waals surface area contributed by atoms with Crippen molar-refractivity contribution in [1.82, 2.24) is 15.0 Å². The van der Waals surface area contributed by atoms with Crippen molar-refractivity contribution in [3.05, 3.63) is 42.2 Å². The van der Waals surface area contributed by atoms with E-state index in [0.717, 1.165) is 0 Å². The molecular weight excluding hydrogens is 230 g/mol. The van der Waals surface area contributed by atoms with E-state index < -0.39 is 6.10 Å². The van der Waals surface area contributed by atoms with Crippen LogP contribution in [0.5, 0.6) is 5.75 Å². The lowest BCUT2D eigenvalue weighted by Crippen LogP contribution is -2.24. The zero-order valence-electron chi connectivity index (χ0n) is 9.73. The van der Waals surface area contributed by atoms with Crippen LogP contribution in [0.2, 0.25) is 0 Å². The van der Waals surface area contributed by atoms with Crippen molar-refractivity contribution in [2.45, 2.75) is 12.6 Å².